The summed E-state index contributed by atoms with van der Waals surface area (Å²) in [5.74, 6) is 0.999. The number of hydrogen-bond acceptors (Lipinski definition) is 4. The Morgan fingerprint density at radius 3 is 1.97 bits per heavy atom. The van der Waals surface area contributed by atoms with Gasteiger partial charge in [0, 0.05) is 44.4 Å². The molecule has 156 valence electrons. The highest BCUT2D eigenvalue weighted by atomic mass is 19.4. The van der Waals surface area contributed by atoms with E-state index >= 15 is 0 Å². The van der Waals surface area contributed by atoms with E-state index in [1.54, 1.807) is 23.1 Å². The number of halogens is 3. The van der Waals surface area contributed by atoms with Crippen LogP contribution in [0.1, 0.15) is 21.5 Å². The molecule has 0 saturated carbocycles. The molecule has 1 amide bonds. The zero-order valence-corrected chi connectivity index (χ0v) is 16.3. The van der Waals surface area contributed by atoms with Crippen molar-refractivity contribution in [3.8, 4) is 11.5 Å². The Hall–Kier alpha value is -2.74. The van der Waals surface area contributed by atoms with Crippen LogP contribution < -0.4 is 9.47 Å². The summed E-state index contributed by atoms with van der Waals surface area (Å²) in [4.78, 5) is 16.7. The molecule has 1 saturated heterocycles. The van der Waals surface area contributed by atoms with E-state index in [1.165, 1.54) is 26.4 Å². The molecule has 1 fully saturated rings. The maximum atomic E-state index is 12.8. The Bertz CT molecular complexity index is 823. The molecule has 0 aromatic heterocycles. The Balaban J connectivity index is 1.58. The molecule has 0 radical (unpaired) electrons. The average Bonchev–Trinajstić information content (AvgIpc) is 2.73. The number of benzene rings is 2. The van der Waals surface area contributed by atoms with E-state index in [2.05, 4.69) is 4.90 Å². The highest BCUT2D eigenvalue weighted by molar-refractivity contribution is 5.95. The molecule has 5 nitrogen and oxygen atoms in total. The summed E-state index contributed by atoms with van der Waals surface area (Å²) in [6.07, 6.45) is -4.33. The van der Waals surface area contributed by atoms with Crippen LogP contribution in [0, 0.1) is 0 Å². The fourth-order valence-electron chi connectivity index (χ4n) is 3.28. The van der Waals surface area contributed by atoms with Gasteiger partial charge in [0.05, 0.1) is 19.8 Å². The molecule has 0 aliphatic carbocycles. The number of alkyl halides is 3. The number of ether oxygens (including phenoxy) is 2. The molecule has 0 spiro atoms. The van der Waals surface area contributed by atoms with Crippen LogP contribution in [0.4, 0.5) is 13.2 Å². The number of rotatable bonds is 5. The second-order valence-electron chi connectivity index (χ2n) is 6.86. The van der Waals surface area contributed by atoms with E-state index in [1.807, 2.05) is 0 Å². The first-order valence-corrected chi connectivity index (χ1v) is 9.21. The smallest absolute Gasteiger partial charge is 0.416 e. The Morgan fingerprint density at radius 2 is 1.48 bits per heavy atom. The second kappa shape index (κ2) is 8.73. The molecule has 0 N–H and O–H groups in total. The summed E-state index contributed by atoms with van der Waals surface area (Å²) in [5, 5.41) is 0. The minimum Gasteiger partial charge on any atom is -0.497 e. The van der Waals surface area contributed by atoms with E-state index in [9.17, 15) is 18.0 Å². The van der Waals surface area contributed by atoms with E-state index in [4.69, 9.17) is 9.47 Å². The number of amides is 1. The standard InChI is InChI=1S/C21H23F3N2O3/c1-28-18-11-16(12-19(13-18)29-2)20(27)26-9-7-25(8-10-26)14-15-3-5-17(6-4-15)21(22,23)24/h3-6,11-13H,7-10,14H2,1-2H3. The molecule has 0 atom stereocenters. The molecule has 2 aromatic rings. The third-order valence-electron chi connectivity index (χ3n) is 4.95. The van der Waals surface area contributed by atoms with Gasteiger partial charge in [-0.25, -0.2) is 0 Å². The minimum atomic E-state index is -4.33. The third kappa shape index (κ3) is 5.20. The minimum absolute atomic E-state index is 0.101. The van der Waals surface area contributed by atoms with Gasteiger partial charge in [-0.05, 0) is 29.8 Å². The molecule has 0 unspecified atom stereocenters. The summed E-state index contributed by atoms with van der Waals surface area (Å²) in [6, 6.07) is 10.3. The molecule has 8 heteroatoms. The normalized spacial score (nSPS) is 15.3. The number of carbonyl (C=O) groups excluding carboxylic acids is 1. The lowest BCUT2D eigenvalue weighted by molar-refractivity contribution is -0.137. The highest BCUT2D eigenvalue weighted by Crippen LogP contribution is 2.29. The lowest BCUT2D eigenvalue weighted by Crippen LogP contribution is -2.48. The van der Waals surface area contributed by atoms with Crippen molar-refractivity contribution in [1.82, 2.24) is 9.80 Å². The molecular weight excluding hydrogens is 385 g/mol. The Kier molecular flexibility index (Phi) is 6.32. The number of piperazine rings is 1. The van der Waals surface area contributed by atoms with Crippen LogP contribution in [0.5, 0.6) is 11.5 Å². The van der Waals surface area contributed by atoms with Gasteiger partial charge in [-0.3, -0.25) is 9.69 Å². The summed E-state index contributed by atoms with van der Waals surface area (Å²) >= 11 is 0. The fourth-order valence-corrected chi connectivity index (χ4v) is 3.28. The molecule has 29 heavy (non-hydrogen) atoms. The summed E-state index contributed by atoms with van der Waals surface area (Å²) < 4.78 is 48.4. The highest BCUT2D eigenvalue weighted by Gasteiger charge is 2.30. The van der Waals surface area contributed by atoms with E-state index in [0.717, 1.165) is 17.7 Å². The molecule has 3 rings (SSSR count). The predicted octanol–water partition coefficient (Wildman–Crippen LogP) is 3.68. The quantitative estimate of drug-likeness (QED) is 0.757. The molecule has 2 aromatic carbocycles. The second-order valence-corrected chi connectivity index (χ2v) is 6.86. The molecular formula is C21H23F3N2O3. The first kappa shape index (κ1) is 21.0. The first-order valence-electron chi connectivity index (χ1n) is 9.21. The van der Waals surface area contributed by atoms with Gasteiger partial charge in [0.15, 0.2) is 0 Å². The van der Waals surface area contributed by atoms with Crippen LogP contribution in [0.3, 0.4) is 0 Å². The maximum absolute atomic E-state index is 12.8. The summed E-state index contributed by atoms with van der Waals surface area (Å²) in [6.45, 7) is 2.92. The number of methoxy groups -OCH3 is 2. The van der Waals surface area contributed by atoms with Gasteiger partial charge < -0.3 is 14.4 Å². The molecule has 0 bridgehead atoms. The Morgan fingerprint density at radius 1 is 0.931 bits per heavy atom. The topological polar surface area (TPSA) is 42.0 Å². The van der Waals surface area contributed by atoms with Gasteiger partial charge in [-0.2, -0.15) is 13.2 Å². The lowest BCUT2D eigenvalue weighted by Gasteiger charge is -2.35. The number of carbonyl (C=O) groups is 1. The van der Waals surface area contributed by atoms with E-state index in [0.29, 0.717) is 49.8 Å². The van der Waals surface area contributed by atoms with Crippen LogP contribution in [0.25, 0.3) is 0 Å². The lowest BCUT2D eigenvalue weighted by atomic mass is 10.1. The van der Waals surface area contributed by atoms with Crippen molar-refractivity contribution in [3.05, 3.63) is 59.2 Å². The van der Waals surface area contributed by atoms with Crippen LogP contribution in [0.2, 0.25) is 0 Å². The zero-order chi connectivity index (χ0) is 21.0. The van der Waals surface area contributed by atoms with Gasteiger partial charge in [-0.1, -0.05) is 12.1 Å². The van der Waals surface area contributed by atoms with Gasteiger partial charge in [0.25, 0.3) is 5.91 Å². The average molecular weight is 408 g/mol. The van der Waals surface area contributed by atoms with Gasteiger partial charge in [0.2, 0.25) is 0 Å². The van der Waals surface area contributed by atoms with Crippen molar-refractivity contribution in [2.24, 2.45) is 0 Å². The fraction of sp³-hybridized carbons (Fsp3) is 0.381. The number of hydrogen-bond donors (Lipinski definition) is 0. The molecule has 1 heterocycles. The Labute approximate surface area is 167 Å². The summed E-state index contributed by atoms with van der Waals surface area (Å²) in [7, 11) is 3.06. The van der Waals surface area contributed by atoms with Crippen molar-refractivity contribution in [2.45, 2.75) is 12.7 Å². The van der Waals surface area contributed by atoms with Gasteiger partial charge in [-0.15, -0.1) is 0 Å². The van der Waals surface area contributed by atoms with Crippen LogP contribution in [-0.4, -0.2) is 56.1 Å². The number of nitrogens with zero attached hydrogens (tertiary/aromatic N) is 2. The zero-order valence-electron chi connectivity index (χ0n) is 16.3. The largest absolute Gasteiger partial charge is 0.497 e. The van der Waals surface area contributed by atoms with Crippen LogP contribution in [-0.2, 0) is 12.7 Å². The van der Waals surface area contributed by atoms with Gasteiger partial charge in [0.1, 0.15) is 11.5 Å². The monoisotopic (exact) mass is 408 g/mol. The summed E-state index contributed by atoms with van der Waals surface area (Å²) in [5.41, 5.74) is 0.665. The molecule has 1 aliphatic rings. The van der Waals surface area contributed by atoms with Crippen molar-refractivity contribution >= 4 is 5.91 Å². The van der Waals surface area contributed by atoms with Crippen molar-refractivity contribution < 1.29 is 27.4 Å². The SMILES string of the molecule is COc1cc(OC)cc(C(=O)N2CCN(Cc3ccc(C(F)(F)F)cc3)CC2)c1. The van der Waals surface area contributed by atoms with Crippen LogP contribution >= 0.6 is 0 Å². The van der Waals surface area contributed by atoms with Crippen molar-refractivity contribution in [2.75, 3.05) is 40.4 Å². The van der Waals surface area contributed by atoms with Gasteiger partial charge >= 0.3 is 6.18 Å². The van der Waals surface area contributed by atoms with Crippen molar-refractivity contribution in [1.29, 1.82) is 0 Å². The van der Waals surface area contributed by atoms with Crippen molar-refractivity contribution in [3.63, 3.8) is 0 Å². The van der Waals surface area contributed by atoms with E-state index < -0.39 is 11.7 Å². The molecule has 1 aliphatic heterocycles. The predicted molar refractivity (Wildman–Crippen MR) is 102 cm³/mol. The van der Waals surface area contributed by atoms with Crippen LogP contribution in [0.15, 0.2) is 42.5 Å². The maximum Gasteiger partial charge on any atom is 0.416 e. The first-order chi connectivity index (χ1) is 13.8. The third-order valence-corrected chi connectivity index (χ3v) is 4.95. The van der Waals surface area contributed by atoms with E-state index in [-0.39, 0.29) is 5.91 Å².